The molecule has 0 bridgehead atoms. The minimum atomic E-state index is -0.761. The molecule has 0 aliphatic rings. The monoisotopic (exact) mass is 849 g/mol. The zero-order valence-corrected chi connectivity index (χ0v) is 40.9. The van der Waals surface area contributed by atoms with Gasteiger partial charge in [-0.25, -0.2) is 0 Å². The van der Waals surface area contributed by atoms with Crippen molar-refractivity contribution in [2.24, 2.45) is 5.92 Å². The number of hydrogen-bond acceptors (Lipinski definition) is 6. The Morgan fingerprint density at radius 3 is 0.817 bits per heavy atom. The van der Waals surface area contributed by atoms with Gasteiger partial charge in [-0.05, 0) is 25.2 Å². The van der Waals surface area contributed by atoms with Crippen LogP contribution in [0.4, 0.5) is 0 Å². The average Bonchev–Trinajstić information content (AvgIpc) is 3.23. The maximum absolute atomic E-state index is 12.8. The maximum Gasteiger partial charge on any atom is 0.306 e. The third-order valence-electron chi connectivity index (χ3n) is 12.3. The summed E-state index contributed by atoms with van der Waals surface area (Å²) in [7, 11) is 0. The molecule has 0 amide bonds. The fourth-order valence-corrected chi connectivity index (χ4v) is 8.22. The molecule has 1 atom stereocenters. The van der Waals surface area contributed by atoms with Gasteiger partial charge in [0.2, 0.25) is 0 Å². The lowest BCUT2D eigenvalue weighted by molar-refractivity contribution is -0.167. The van der Waals surface area contributed by atoms with Crippen LogP contribution in [0.5, 0.6) is 0 Å². The Hall–Kier alpha value is -1.59. The number of esters is 3. The van der Waals surface area contributed by atoms with Gasteiger partial charge in [0.15, 0.2) is 6.10 Å². The molecule has 0 saturated carbocycles. The van der Waals surface area contributed by atoms with Crippen molar-refractivity contribution in [2.45, 2.75) is 310 Å². The summed E-state index contributed by atoms with van der Waals surface area (Å²) in [4.78, 5) is 37.9. The molecule has 0 aliphatic heterocycles. The van der Waals surface area contributed by atoms with E-state index in [-0.39, 0.29) is 31.1 Å². The lowest BCUT2D eigenvalue weighted by Gasteiger charge is -2.18. The Morgan fingerprint density at radius 1 is 0.317 bits per heavy atom. The van der Waals surface area contributed by atoms with Crippen molar-refractivity contribution in [2.75, 3.05) is 13.2 Å². The van der Waals surface area contributed by atoms with E-state index in [1.807, 2.05) is 0 Å². The van der Waals surface area contributed by atoms with Crippen LogP contribution in [0.1, 0.15) is 304 Å². The standard InChI is InChI=1S/C54H104O6/c1-5-7-9-11-13-15-17-19-21-22-23-24-26-28-30-34-38-42-46-53(56)59-49-51(60-54(57)47-43-39-35-31-32-36-40-44-50(3)4)48-58-52(55)45-41-37-33-29-27-25-20-18-16-14-12-10-8-6-2/h50-51H,5-49H2,1-4H3/t51-/m0/s1. The smallest absolute Gasteiger partial charge is 0.306 e. The van der Waals surface area contributed by atoms with Crippen LogP contribution in [-0.2, 0) is 28.6 Å². The zero-order chi connectivity index (χ0) is 43.8. The SMILES string of the molecule is CCCCCCCCCCCCCCCCCCCCC(=O)OC[C@H](COC(=O)CCCCCCCCCCCCCCCC)OC(=O)CCCCCCCCCC(C)C. The van der Waals surface area contributed by atoms with Gasteiger partial charge in [0.1, 0.15) is 13.2 Å². The third kappa shape index (κ3) is 47.5. The van der Waals surface area contributed by atoms with E-state index in [4.69, 9.17) is 14.2 Å². The molecule has 0 saturated heterocycles. The van der Waals surface area contributed by atoms with Crippen LogP contribution in [0, 0.1) is 5.92 Å². The van der Waals surface area contributed by atoms with Crippen molar-refractivity contribution < 1.29 is 28.6 Å². The van der Waals surface area contributed by atoms with Crippen LogP contribution in [0.25, 0.3) is 0 Å². The van der Waals surface area contributed by atoms with Crippen molar-refractivity contribution in [1.29, 1.82) is 0 Å². The van der Waals surface area contributed by atoms with Gasteiger partial charge >= 0.3 is 17.9 Å². The Labute approximate surface area is 374 Å². The van der Waals surface area contributed by atoms with E-state index >= 15 is 0 Å². The molecule has 0 radical (unpaired) electrons. The summed E-state index contributed by atoms with van der Waals surface area (Å²) >= 11 is 0. The highest BCUT2D eigenvalue weighted by Crippen LogP contribution is 2.17. The van der Waals surface area contributed by atoms with E-state index < -0.39 is 6.10 Å². The van der Waals surface area contributed by atoms with E-state index in [9.17, 15) is 14.4 Å². The lowest BCUT2D eigenvalue weighted by atomic mass is 10.0. The van der Waals surface area contributed by atoms with Crippen LogP contribution in [0.2, 0.25) is 0 Å². The summed E-state index contributed by atoms with van der Waals surface area (Å²) in [6.07, 6.45) is 51.0. The Kier molecular flexibility index (Phi) is 47.2. The number of ether oxygens (including phenoxy) is 3. The van der Waals surface area contributed by atoms with E-state index in [0.29, 0.717) is 19.3 Å². The summed E-state index contributed by atoms with van der Waals surface area (Å²) in [6, 6.07) is 0. The first-order valence-corrected chi connectivity index (χ1v) is 26.9. The molecule has 0 N–H and O–H groups in total. The molecule has 356 valence electrons. The highest BCUT2D eigenvalue weighted by Gasteiger charge is 2.19. The molecular formula is C54H104O6. The van der Waals surface area contributed by atoms with Gasteiger partial charge in [-0.1, -0.05) is 265 Å². The molecule has 0 aromatic heterocycles. The molecule has 0 aromatic carbocycles. The fraction of sp³-hybridized carbons (Fsp3) is 0.944. The van der Waals surface area contributed by atoms with Crippen molar-refractivity contribution in [1.82, 2.24) is 0 Å². The number of carbonyl (C=O) groups is 3. The summed E-state index contributed by atoms with van der Waals surface area (Å²) in [6.45, 7) is 8.99. The predicted molar refractivity (Wildman–Crippen MR) is 257 cm³/mol. The highest BCUT2D eigenvalue weighted by atomic mass is 16.6. The summed E-state index contributed by atoms with van der Waals surface area (Å²) in [5, 5.41) is 0. The number of rotatable bonds is 49. The first-order chi connectivity index (χ1) is 29.4. The Bertz CT molecular complexity index is 903. The lowest BCUT2D eigenvalue weighted by Crippen LogP contribution is -2.30. The van der Waals surface area contributed by atoms with E-state index in [1.165, 1.54) is 199 Å². The number of carbonyl (C=O) groups excluding carboxylic acids is 3. The van der Waals surface area contributed by atoms with Gasteiger partial charge in [-0.3, -0.25) is 14.4 Å². The van der Waals surface area contributed by atoms with Crippen LogP contribution in [0.3, 0.4) is 0 Å². The molecular weight excluding hydrogens is 745 g/mol. The second-order valence-electron chi connectivity index (χ2n) is 19.0. The predicted octanol–water partition coefficient (Wildman–Crippen LogP) is 17.5. The molecule has 6 heteroatoms. The maximum atomic E-state index is 12.8. The van der Waals surface area contributed by atoms with Crippen molar-refractivity contribution in [3.05, 3.63) is 0 Å². The van der Waals surface area contributed by atoms with Gasteiger partial charge in [0, 0.05) is 19.3 Å². The van der Waals surface area contributed by atoms with E-state index in [0.717, 1.165) is 63.7 Å². The Balaban J connectivity index is 4.23. The highest BCUT2D eigenvalue weighted by molar-refractivity contribution is 5.71. The minimum Gasteiger partial charge on any atom is -0.462 e. The van der Waals surface area contributed by atoms with Crippen LogP contribution < -0.4 is 0 Å². The van der Waals surface area contributed by atoms with Crippen molar-refractivity contribution in [3.63, 3.8) is 0 Å². The first kappa shape index (κ1) is 58.4. The van der Waals surface area contributed by atoms with Crippen molar-refractivity contribution in [3.8, 4) is 0 Å². The molecule has 0 aliphatic carbocycles. The average molecular weight is 849 g/mol. The van der Waals surface area contributed by atoms with Gasteiger partial charge in [-0.2, -0.15) is 0 Å². The molecule has 6 nitrogen and oxygen atoms in total. The van der Waals surface area contributed by atoms with Gasteiger partial charge in [0.25, 0.3) is 0 Å². The quantitative estimate of drug-likeness (QED) is 0.0345. The normalized spacial score (nSPS) is 11.9. The van der Waals surface area contributed by atoms with Crippen LogP contribution in [0.15, 0.2) is 0 Å². The van der Waals surface area contributed by atoms with Gasteiger partial charge < -0.3 is 14.2 Å². The largest absolute Gasteiger partial charge is 0.462 e. The van der Waals surface area contributed by atoms with Crippen LogP contribution in [-0.4, -0.2) is 37.2 Å². The Morgan fingerprint density at radius 2 is 0.550 bits per heavy atom. The van der Waals surface area contributed by atoms with E-state index in [1.54, 1.807) is 0 Å². The van der Waals surface area contributed by atoms with Crippen molar-refractivity contribution >= 4 is 17.9 Å². The summed E-state index contributed by atoms with van der Waals surface area (Å²) < 4.78 is 16.8. The number of hydrogen-bond donors (Lipinski definition) is 0. The summed E-state index contributed by atoms with van der Waals surface area (Å²) in [5.74, 6) is -0.0677. The topological polar surface area (TPSA) is 78.9 Å². The van der Waals surface area contributed by atoms with Gasteiger partial charge in [0.05, 0.1) is 0 Å². The molecule has 0 spiro atoms. The first-order valence-electron chi connectivity index (χ1n) is 26.9. The molecule has 0 aromatic rings. The molecule has 0 heterocycles. The van der Waals surface area contributed by atoms with Crippen LogP contribution >= 0.6 is 0 Å². The zero-order valence-electron chi connectivity index (χ0n) is 40.9. The second kappa shape index (κ2) is 48.4. The molecule has 0 fully saturated rings. The minimum absolute atomic E-state index is 0.0634. The second-order valence-corrected chi connectivity index (χ2v) is 19.0. The fourth-order valence-electron chi connectivity index (χ4n) is 8.22. The summed E-state index contributed by atoms with van der Waals surface area (Å²) in [5.41, 5.74) is 0. The van der Waals surface area contributed by atoms with E-state index in [2.05, 4.69) is 27.7 Å². The molecule has 0 rings (SSSR count). The third-order valence-corrected chi connectivity index (χ3v) is 12.3. The number of unbranched alkanes of at least 4 members (excludes halogenated alkanes) is 36. The molecule has 0 unspecified atom stereocenters. The van der Waals surface area contributed by atoms with Gasteiger partial charge in [-0.15, -0.1) is 0 Å². The molecule has 60 heavy (non-hydrogen) atoms.